The molecule has 150 valence electrons. The van der Waals surface area contributed by atoms with Crippen LogP contribution in [-0.4, -0.2) is 32.8 Å². The van der Waals surface area contributed by atoms with Crippen LogP contribution in [0.25, 0.3) is 21.1 Å². The van der Waals surface area contributed by atoms with Gasteiger partial charge in [-0.1, -0.05) is 13.3 Å². The summed E-state index contributed by atoms with van der Waals surface area (Å²) >= 11 is 0. The molecule has 0 fully saturated rings. The van der Waals surface area contributed by atoms with Crippen molar-refractivity contribution in [2.75, 3.05) is 19.8 Å². The molecule has 0 aliphatic rings. The summed E-state index contributed by atoms with van der Waals surface area (Å²) in [5.74, 6) is 0.0877. The molecule has 0 aromatic heterocycles. The van der Waals surface area contributed by atoms with Crippen LogP contribution in [-0.2, 0) is 14.6 Å². The summed E-state index contributed by atoms with van der Waals surface area (Å²) in [4.78, 5) is 6.28. The summed E-state index contributed by atoms with van der Waals surface area (Å²) in [5.41, 5.74) is -0.618. The fourth-order valence-electron chi connectivity index (χ4n) is 2.08. The molecule has 1 rings (SSSR count). The second kappa shape index (κ2) is 11.3. The van der Waals surface area contributed by atoms with E-state index in [0.29, 0.717) is 13.0 Å². The standard InChI is InChI=1S/C18H16N4O6S/c1-4-5-6-26-17-9-14(16(12-20)22-3)18(10-13(17)15(11-19)21-2)27-7-8-28-29(23,24)25/h9-10H,4-8H2,1H3,(H,23,24,25)/b15-13-,16-14+. The van der Waals surface area contributed by atoms with Gasteiger partial charge in [-0.15, -0.1) is 0 Å². The van der Waals surface area contributed by atoms with E-state index in [1.807, 2.05) is 6.92 Å². The topological polar surface area (TPSA) is 138 Å². The van der Waals surface area contributed by atoms with Crippen molar-refractivity contribution >= 4 is 21.8 Å². The highest BCUT2D eigenvalue weighted by molar-refractivity contribution is 7.80. The van der Waals surface area contributed by atoms with E-state index in [9.17, 15) is 18.9 Å². The Morgan fingerprint density at radius 3 is 1.90 bits per heavy atom. The minimum Gasteiger partial charge on any atom is -0.494 e. The minimum atomic E-state index is -4.66. The zero-order chi connectivity index (χ0) is 21.9. The molecule has 0 aliphatic carbocycles. The van der Waals surface area contributed by atoms with Crippen LogP contribution in [0.2, 0.25) is 0 Å². The van der Waals surface area contributed by atoms with Crippen LogP contribution in [0, 0.1) is 35.8 Å². The Hall–Kier alpha value is -3.61. The van der Waals surface area contributed by atoms with E-state index < -0.39 is 17.0 Å². The van der Waals surface area contributed by atoms with Crippen LogP contribution in [0.15, 0.2) is 12.1 Å². The number of nitriles is 2. The summed E-state index contributed by atoms with van der Waals surface area (Å²) < 4.78 is 44.9. The third-order valence-corrected chi connectivity index (χ3v) is 3.82. The summed E-state index contributed by atoms with van der Waals surface area (Å²) in [6.07, 6.45) is 1.55. The molecular formula is C18H16N4O6S. The minimum absolute atomic E-state index is 0.0480. The van der Waals surface area contributed by atoms with Gasteiger partial charge in [0.05, 0.1) is 31.9 Å². The quantitative estimate of drug-likeness (QED) is 0.360. The number of hydrogen-bond donors (Lipinski definition) is 1. The molecule has 11 heteroatoms. The van der Waals surface area contributed by atoms with E-state index in [-0.39, 0.29) is 39.9 Å². The van der Waals surface area contributed by atoms with Crippen LogP contribution >= 0.6 is 0 Å². The Morgan fingerprint density at radius 1 is 1.03 bits per heavy atom. The number of hydrogen-bond acceptors (Lipinski definition) is 7. The van der Waals surface area contributed by atoms with Gasteiger partial charge in [0.2, 0.25) is 0 Å². The molecule has 0 spiro atoms. The molecule has 10 nitrogen and oxygen atoms in total. The van der Waals surface area contributed by atoms with Crippen molar-refractivity contribution in [1.29, 1.82) is 10.5 Å². The number of rotatable bonds is 9. The molecule has 0 amide bonds. The first-order valence-electron chi connectivity index (χ1n) is 8.16. The van der Waals surface area contributed by atoms with E-state index in [4.69, 9.17) is 27.2 Å². The number of nitrogens with zero attached hydrogens (tertiary/aromatic N) is 4. The highest BCUT2D eigenvalue weighted by Gasteiger charge is 2.12. The largest absolute Gasteiger partial charge is 0.494 e. The Bertz CT molecular complexity index is 1120. The zero-order valence-electron chi connectivity index (χ0n) is 15.4. The SMILES string of the molecule is [C-]#[N+]/C(C#N)=c1/cc(OCCOS(=O)(=O)O)/c(=C(\C#N)[N+]#[C-])cc1OCCCC. The van der Waals surface area contributed by atoms with Gasteiger partial charge in [-0.05, 0) is 18.6 Å². The van der Waals surface area contributed by atoms with Crippen molar-refractivity contribution in [3.63, 3.8) is 0 Å². The monoisotopic (exact) mass is 416 g/mol. The van der Waals surface area contributed by atoms with Gasteiger partial charge in [-0.3, -0.25) is 4.55 Å². The second-order valence-corrected chi connectivity index (χ2v) is 6.38. The highest BCUT2D eigenvalue weighted by atomic mass is 32.3. The number of unbranched alkanes of at least 4 members (excludes halogenated alkanes) is 1. The van der Waals surface area contributed by atoms with E-state index in [1.165, 1.54) is 12.1 Å². The first kappa shape index (κ1) is 23.4. The number of benzene rings is 1. The van der Waals surface area contributed by atoms with Gasteiger partial charge in [-0.25, -0.2) is 24.4 Å². The van der Waals surface area contributed by atoms with E-state index >= 15 is 0 Å². The maximum absolute atomic E-state index is 10.6. The molecule has 0 heterocycles. The smallest absolute Gasteiger partial charge is 0.397 e. The fraction of sp³-hybridized carbons (Fsp3) is 0.333. The van der Waals surface area contributed by atoms with Crippen LogP contribution in [0.5, 0.6) is 11.5 Å². The van der Waals surface area contributed by atoms with Crippen molar-refractivity contribution in [1.82, 2.24) is 0 Å². The molecular weight excluding hydrogens is 400 g/mol. The van der Waals surface area contributed by atoms with Crippen molar-refractivity contribution in [2.24, 2.45) is 0 Å². The normalized spacial score (nSPS) is 12.5. The van der Waals surface area contributed by atoms with E-state index in [1.54, 1.807) is 12.1 Å². The third-order valence-electron chi connectivity index (χ3n) is 3.36. The lowest BCUT2D eigenvalue weighted by atomic mass is 10.1. The van der Waals surface area contributed by atoms with E-state index in [0.717, 1.165) is 6.42 Å². The Balaban J connectivity index is 3.60. The molecule has 0 atom stereocenters. The van der Waals surface area contributed by atoms with Crippen LogP contribution < -0.4 is 19.9 Å². The van der Waals surface area contributed by atoms with Gasteiger partial charge < -0.3 is 9.47 Å². The molecule has 1 N–H and O–H groups in total. The zero-order valence-corrected chi connectivity index (χ0v) is 16.2. The van der Waals surface area contributed by atoms with Crippen LogP contribution in [0.3, 0.4) is 0 Å². The van der Waals surface area contributed by atoms with Crippen molar-refractivity contribution in [3.8, 4) is 23.6 Å². The number of ether oxygens (including phenoxy) is 2. The summed E-state index contributed by atoms with van der Waals surface area (Å²) in [6.45, 7) is 15.7. The third kappa shape index (κ3) is 7.14. The molecule has 1 aromatic rings. The molecule has 1 aromatic carbocycles. The molecule has 0 unspecified atom stereocenters. The Morgan fingerprint density at radius 2 is 1.52 bits per heavy atom. The van der Waals surface area contributed by atoms with Gasteiger partial charge in [0, 0.05) is 10.4 Å². The van der Waals surface area contributed by atoms with Crippen LogP contribution in [0.1, 0.15) is 19.8 Å². The summed E-state index contributed by atoms with van der Waals surface area (Å²) in [5, 5.41) is 18.6. The molecule has 29 heavy (non-hydrogen) atoms. The lowest BCUT2D eigenvalue weighted by molar-refractivity contribution is 0.200. The maximum atomic E-state index is 10.6. The predicted molar refractivity (Wildman–Crippen MR) is 100 cm³/mol. The van der Waals surface area contributed by atoms with Gasteiger partial charge in [0.15, 0.2) is 0 Å². The maximum Gasteiger partial charge on any atom is 0.397 e. The van der Waals surface area contributed by atoms with Gasteiger partial charge in [-0.2, -0.15) is 8.42 Å². The first-order chi connectivity index (χ1) is 13.8. The van der Waals surface area contributed by atoms with Gasteiger partial charge in [0.1, 0.15) is 24.7 Å². The van der Waals surface area contributed by atoms with Gasteiger partial charge >= 0.3 is 10.4 Å². The fourth-order valence-corrected chi connectivity index (χ4v) is 2.36. The first-order valence-corrected chi connectivity index (χ1v) is 9.53. The molecule has 0 bridgehead atoms. The lowest BCUT2D eigenvalue weighted by Gasteiger charge is -2.12. The predicted octanol–water partition coefficient (Wildman–Crippen LogP) is 1.17. The van der Waals surface area contributed by atoms with E-state index in [2.05, 4.69) is 13.9 Å². The molecule has 0 aliphatic heterocycles. The summed E-state index contributed by atoms with van der Waals surface area (Å²) in [6, 6.07) is 6.06. The van der Waals surface area contributed by atoms with Gasteiger partial charge in [0.25, 0.3) is 11.4 Å². The summed E-state index contributed by atoms with van der Waals surface area (Å²) in [7, 11) is -4.66. The molecule has 0 saturated heterocycles. The average Bonchev–Trinajstić information content (AvgIpc) is 2.68. The average molecular weight is 416 g/mol. The Kier molecular flexibility index (Phi) is 9.12. The van der Waals surface area contributed by atoms with Crippen molar-refractivity contribution in [3.05, 3.63) is 45.4 Å². The van der Waals surface area contributed by atoms with Crippen molar-refractivity contribution < 1.29 is 26.6 Å². The second-order valence-electron chi connectivity index (χ2n) is 5.29. The Labute approximate surface area is 168 Å². The van der Waals surface area contributed by atoms with Crippen molar-refractivity contribution in [2.45, 2.75) is 19.8 Å². The molecule has 0 radical (unpaired) electrons. The highest BCUT2D eigenvalue weighted by Crippen LogP contribution is 2.13. The lowest BCUT2D eigenvalue weighted by Crippen LogP contribution is -2.21. The van der Waals surface area contributed by atoms with Crippen LogP contribution in [0.4, 0.5) is 0 Å². The molecule has 0 saturated carbocycles.